The van der Waals surface area contributed by atoms with Crippen LogP contribution in [0.25, 0.3) is 0 Å². The van der Waals surface area contributed by atoms with E-state index in [0.29, 0.717) is 0 Å². The van der Waals surface area contributed by atoms with Crippen molar-refractivity contribution in [2.45, 2.75) is 6.36 Å². The van der Waals surface area contributed by atoms with E-state index in [0.717, 1.165) is 13.2 Å². The van der Waals surface area contributed by atoms with Crippen LogP contribution in [0.4, 0.5) is 13.2 Å². The molecule has 0 amide bonds. The number of hydrogen-bond donors (Lipinski definition) is 1. The molecule has 1 heterocycles. The lowest BCUT2D eigenvalue weighted by molar-refractivity contribution is -0.276. The third-order valence-corrected chi connectivity index (χ3v) is 2.43. The molecule has 0 bridgehead atoms. The number of rotatable bonds is 2. The fourth-order valence-corrected chi connectivity index (χ4v) is 1.73. The Bertz CT molecular complexity index is 497. The first-order chi connectivity index (χ1) is 7.74. The van der Waals surface area contributed by atoms with E-state index in [1.165, 1.54) is 22.6 Å². The molecule has 0 saturated heterocycles. The highest BCUT2D eigenvalue weighted by Gasteiger charge is 2.32. The largest absolute Gasteiger partial charge is 0.574 e. The predicted molar refractivity (Wildman–Crippen MR) is 57.8 cm³/mol. The van der Waals surface area contributed by atoms with E-state index in [4.69, 9.17) is 0 Å². The molecule has 0 atom stereocenters. The highest BCUT2D eigenvalue weighted by atomic mass is 127. The summed E-state index contributed by atoms with van der Waals surface area (Å²) in [6, 6.07) is 0.877. The number of methoxy groups -OCH3 is 1. The van der Waals surface area contributed by atoms with Crippen LogP contribution < -0.4 is 10.3 Å². The lowest BCUT2D eigenvalue weighted by atomic mass is 10.3. The molecule has 0 aliphatic carbocycles. The number of hydrogen-bond acceptors (Lipinski definition) is 4. The Morgan fingerprint density at radius 1 is 1.47 bits per heavy atom. The Balaban J connectivity index is 3.19. The first kappa shape index (κ1) is 13.8. The molecule has 0 unspecified atom stereocenters. The first-order valence-corrected chi connectivity index (χ1v) is 5.09. The van der Waals surface area contributed by atoms with Gasteiger partial charge >= 0.3 is 12.3 Å². The van der Waals surface area contributed by atoms with Crippen LogP contribution in [0, 0.1) is 3.57 Å². The molecule has 0 spiro atoms. The number of aromatic nitrogens is 1. The average Bonchev–Trinajstić information content (AvgIpc) is 2.13. The fourth-order valence-electron chi connectivity index (χ4n) is 0.978. The summed E-state index contributed by atoms with van der Waals surface area (Å²) in [4.78, 5) is 24.3. The number of carbonyl (C=O) groups excluding carboxylic acids is 1. The van der Waals surface area contributed by atoms with Crippen molar-refractivity contribution in [3.8, 4) is 5.88 Å². The number of ether oxygens (including phenoxy) is 2. The summed E-state index contributed by atoms with van der Waals surface area (Å²) in [5.74, 6) is -1.73. The SMILES string of the molecule is COC(=O)c1c(I)cc(OC(F)(F)F)[nH]c1=O. The molecule has 0 radical (unpaired) electrons. The van der Waals surface area contributed by atoms with Gasteiger partial charge in [-0.25, -0.2) is 4.79 Å². The van der Waals surface area contributed by atoms with E-state index in [1.54, 1.807) is 4.98 Å². The van der Waals surface area contributed by atoms with Crippen LogP contribution in [0.3, 0.4) is 0 Å². The molecule has 5 nitrogen and oxygen atoms in total. The van der Waals surface area contributed by atoms with E-state index in [2.05, 4.69) is 9.47 Å². The summed E-state index contributed by atoms with van der Waals surface area (Å²) in [5, 5.41) is 0. The molecule has 9 heteroatoms. The Kier molecular flexibility index (Phi) is 4.01. The zero-order chi connectivity index (χ0) is 13.2. The monoisotopic (exact) mass is 363 g/mol. The Hall–Kier alpha value is -1.26. The molecule has 0 aliphatic heterocycles. The number of alkyl halides is 3. The molecular weight excluding hydrogens is 358 g/mol. The number of pyridine rings is 1. The Morgan fingerprint density at radius 2 is 2.06 bits per heavy atom. The third kappa shape index (κ3) is 3.61. The second-order valence-corrected chi connectivity index (χ2v) is 3.89. The standard InChI is InChI=1S/C8H5F3INO4/c1-16-7(15)5-3(12)2-4(13-6(5)14)17-8(9,10)11/h2H,1H3,(H,13,14). The van der Waals surface area contributed by atoms with Crippen molar-refractivity contribution in [3.63, 3.8) is 0 Å². The van der Waals surface area contributed by atoms with E-state index in [9.17, 15) is 22.8 Å². The number of halogens is 4. The molecular formula is C8H5F3INO4. The second kappa shape index (κ2) is 4.94. The lowest BCUT2D eigenvalue weighted by Crippen LogP contribution is -2.24. The minimum atomic E-state index is -4.92. The first-order valence-electron chi connectivity index (χ1n) is 4.01. The number of aromatic amines is 1. The summed E-state index contributed by atoms with van der Waals surface area (Å²) in [6.45, 7) is 0. The van der Waals surface area contributed by atoms with Gasteiger partial charge in [0.2, 0.25) is 5.88 Å². The van der Waals surface area contributed by atoms with Gasteiger partial charge in [-0.3, -0.25) is 9.78 Å². The van der Waals surface area contributed by atoms with E-state index >= 15 is 0 Å². The molecule has 1 N–H and O–H groups in total. The van der Waals surface area contributed by atoms with Crippen molar-refractivity contribution in [1.29, 1.82) is 0 Å². The van der Waals surface area contributed by atoms with Gasteiger partial charge in [0.05, 0.1) is 7.11 Å². The van der Waals surface area contributed by atoms with Gasteiger partial charge in [0.1, 0.15) is 5.56 Å². The van der Waals surface area contributed by atoms with Crippen molar-refractivity contribution in [3.05, 3.63) is 25.6 Å². The van der Waals surface area contributed by atoms with Gasteiger partial charge in [-0.05, 0) is 22.6 Å². The number of esters is 1. The molecule has 0 aliphatic rings. The van der Waals surface area contributed by atoms with E-state index in [-0.39, 0.29) is 9.13 Å². The van der Waals surface area contributed by atoms with Crippen molar-refractivity contribution < 1.29 is 27.4 Å². The van der Waals surface area contributed by atoms with Crippen molar-refractivity contribution >= 4 is 28.6 Å². The molecule has 1 rings (SSSR count). The van der Waals surface area contributed by atoms with Gasteiger partial charge in [-0.15, -0.1) is 13.2 Å². The summed E-state index contributed by atoms with van der Waals surface area (Å²) >= 11 is 1.53. The van der Waals surface area contributed by atoms with Crippen molar-refractivity contribution in [1.82, 2.24) is 4.98 Å². The van der Waals surface area contributed by atoms with Crippen LogP contribution in [0.1, 0.15) is 10.4 Å². The molecule has 1 aromatic rings. The summed E-state index contributed by atoms with van der Waals surface area (Å²) < 4.78 is 43.5. The molecule has 94 valence electrons. The van der Waals surface area contributed by atoms with Crippen LogP contribution >= 0.6 is 22.6 Å². The van der Waals surface area contributed by atoms with Gasteiger partial charge in [0.15, 0.2) is 0 Å². The topological polar surface area (TPSA) is 68.4 Å². The molecule has 0 aromatic carbocycles. The maximum Gasteiger partial charge on any atom is 0.574 e. The van der Waals surface area contributed by atoms with Crippen molar-refractivity contribution in [2.24, 2.45) is 0 Å². The van der Waals surface area contributed by atoms with Gasteiger partial charge in [0.25, 0.3) is 5.56 Å². The highest BCUT2D eigenvalue weighted by molar-refractivity contribution is 14.1. The van der Waals surface area contributed by atoms with Gasteiger partial charge in [-0.2, -0.15) is 0 Å². The Labute approximate surface area is 106 Å². The van der Waals surface area contributed by atoms with Gasteiger partial charge in [0, 0.05) is 9.64 Å². The van der Waals surface area contributed by atoms with Crippen LogP contribution in [0.2, 0.25) is 0 Å². The Morgan fingerprint density at radius 3 is 2.47 bits per heavy atom. The van der Waals surface area contributed by atoms with Crippen LogP contribution in [-0.2, 0) is 4.74 Å². The lowest BCUT2D eigenvalue weighted by Gasteiger charge is -2.09. The number of carbonyl (C=O) groups is 1. The summed E-state index contributed by atoms with van der Waals surface area (Å²) in [6.07, 6.45) is -4.92. The molecule has 1 aromatic heterocycles. The highest BCUT2D eigenvalue weighted by Crippen LogP contribution is 2.22. The summed E-state index contributed by atoms with van der Waals surface area (Å²) in [5.41, 5.74) is -1.38. The number of H-pyrrole nitrogens is 1. The minimum absolute atomic E-state index is 0.00236. The van der Waals surface area contributed by atoms with Crippen LogP contribution in [-0.4, -0.2) is 24.4 Å². The van der Waals surface area contributed by atoms with E-state index < -0.39 is 23.8 Å². The second-order valence-electron chi connectivity index (χ2n) is 2.73. The van der Waals surface area contributed by atoms with E-state index in [1.807, 2.05) is 0 Å². The molecule has 0 saturated carbocycles. The normalized spacial score (nSPS) is 11.1. The average molecular weight is 363 g/mol. The number of nitrogens with one attached hydrogen (secondary N) is 1. The van der Waals surface area contributed by atoms with Crippen LogP contribution in [0.15, 0.2) is 10.9 Å². The third-order valence-electron chi connectivity index (χ3n) is 1.58. The maximum atomic E-state index is 11.9. The fraction of sp³-hybridized carbons (Fsp3) is 0.250. The zero-order valence-corrected chi connectivity index (χ0v) is 10.4. The van der Waals surface area contributed by atoms with Gasteiger partial charge in [-0.1, -0.05) is 0 Å². The summed E-state index contributed by atoms with van der Waals surface area (Å²) in [7, 11) is 1.05. The predicted octanol–water partition coefficient (Wildman–Crippen LogP) is 1.66. The molecule has 17 heavy (non-hydrogen) atoms. The maximum absolute atomic E-state index is 11.9. The molecule has 0 fully saturated rings. The van der Waals surface area contributed by atoms with Crippen LogP contribution in [0.5, 0.6) is 5.88 Å². The smallest absolute Gasteiger partial charge is 0.465 e. The zero-order valence-electron chi connectivity index (χ0n) is 8.22. The van der Waals surface area contributed by atoms with Gasteiger partial charge < -0.3 is 9.47 Å². The minimum Gasteiger partial charge on any atom is -0.465 e. The van der Waals surface area contributed by atoms with Crippen molar-refractivity contribution in [2.75, 3.05) is 7.11 Å². The quantitative estimate of drug-likeness (QED) is 0.641.